The lowest BCUT2D eigenvalue weighted by molar-refractivity contribution is -0.116. The molecule has 3 rings (SSSR count). The first-order valence-corrected chi connectivity index (χ1v) is 7.09. The molecule has 0 bridgehead atoms. The van der Waals surface area contributed by atoms with Gasteiger partial charge in [0.05, 0.1) is 5.56 Å². The van der Waals surface area contributed by atoms with Crippen molar-refractivity contribution in [3.8, 4) is 0 Å². The summed E-state index contributed by atoms with van der Waals surface area (Å²) in [5.41, 5.74) is 1.58. The molecular weight excluding hydrogens is 252 g/mol. The van der Waals surface area contributed by atoms with Crippen LogP contribution in [0, 0.1) is 5.41 Å². The van der Waals surface area contributed by atoms with Crippen LogP contribution < -0.4 is 0 Å². The molecule has 0 unspecified atom stereocenters. The molecule has 2 aliphatic carbocycles. The van der Waals surface area contributed by atoms with E-state index in [0.717, 1.165) is 24.8 Å². The third kappa shape index (κ3) is 2.17. The van der Waals surface area contributed by atoms with Crippen LogP contribution in [0.2, 0.25) is 0 Å². The van der Waals surface area contributed by atoms with Gasteiger partial charge in [0.25, 0.3) is 0 Å². The van der Waals surface area contributed by atoms with E-state index in [1.54, 1.807) is 18.2 Å². The van der Waals surface area contributed by atoms with Crippen molar-refractivity contribution < 1.29 is 14.3 Å². The zero-order chi connectivity index (χ0) is 14.2. The van der Waals surface area contributed by atoms with Crippen molar-refractivity contribution in [2.45, 2.75) is 38.7 Å². The summed E-state index contributed by atoms with van der Waals surface area (Å²) in [5.74, 6) is -0.0671. The van der Waals surface area contributed by atoms with Gasteiger partial charge in [-0.1, -0.05) is 30.7 Å². The molecule has 0 radical (unpaired) electrons. The van der Waals surface area contributed by atoms with E-state index >= 15 is 0 Å². The number of rotatable bonds is 2. The number of carbonyl (C=O) groups excluding carboxylic acids is 2. The highest BCUT2D eigenvalue weighted by Crippen LogP contribution is 2.50. The van der Waals surface area contributed by atoms with E-state index in [4.69, 9.17) is 4.74 Å². The lowest BCUT2D eigenvalue weighted by Gasteiger charge is -2.34. The van der Waals surface area contributed by atoms with Crippen LogP contribution >= 0.6 is 0 Å². The monoisotopic (exact) mass is 270 g/mol. The molecule has 0 aromatic heterocycles. The Kier molecular flexibility index (Phi) is 3.20. The van der Waals surface area contributed by atoms with Gasteiger partial charge in [-0.05, 0) is 37.5 Å². The molecular formula is C17H18O3. The lowest BCUT2D eigenvalue weighted by atomic mass is 9.74. The van der Waals surface area contributed by atoms with E-state index in [2.05, 4.69) is 6.92 Å². The van der Waals surface area contributed by atoms with Gasteiger partial charge in [-0.15, -0.1) is 0 Å². The van der Waals surface area contributed by atoms with Gasteiger partial charge < -0.3 is 4.74 Å². The number of hydrogen-bond acceptors (Lipinski definition) is 3. The minimum Gasteiger partial charge on any atom is -0.458 e. The first kappa shape index (κ1) is 13.1. The molecule has 1 aromatic carbocycles. The Bertz CT molecular complexity index is 573. The molecule has 0 aliphatic heterocycles. The smallest absolute Gasteiger partial charge is 0.338 e. The Labute approximate surface area is 118 Å². The highest BCUT2D eigenvalue weighted by molar-refractivity contribution is 5.92. The number of ether oxygens (including phenoxy) is 1. The summed E-state index contributed by atoms with van der Waals surface area (Å²) in [5, 5.41) is 0. The van der Waals surface area contributed by atoms with E-state index in [9.17, 15) is 9.59 Å². The summed E-state index contributed by atoms with van der Waals surface area (Å²) in [6, 6.07) is 9.07. The molecule has 2 aliphatic rings. The van der Waals surface area contributed by atoms with Crippen molar-refractivity contribution in [2.75, 3.05) is 0 Å². The van der Waals surface area contributed by atoms with E-state index in [1.165, 1.54) is 0 Å². The summed E-state index contributed by atoms with van der Waals surface area (Å²) in [6.07, 6.45) is 4.65. The van der Waals surface area contributed by atoms with E-state index < -0.39 is 0 Å². The molecule has 0 spiro atoms. The second-order valence-corrected chi connectivity index (χ2v) is 5.85. The normalized spacial score (nSPS) is 28.8. The largest absolute Gasteiger partial charge is 0.458 e. The van der Waals surface area contributed by atoms with Crippen molar-refractivity contribution in [3.63, 3.8) is 0 Å². The Morgan fingerprint density at radius 1 is 1.25 bits per heavy atom. The Morgan fingerprint density at radius 2 is 2.00 bits per heavy atom. The van der Waals surface area contributed by atoms with E-state index in [1.807, 2.05) is 18.2 Å². The predicted octanol–water partition coefficient (Wildman–Crippen LogP) is 3.30. The molecule has 2 atom stereocenters. The molecule has 1 saturated carbocycles. The van der Waals surface area contributed by atoms with E-state index in [0.29, 0.717) is 12.0 Å². The van der Waals surface area contributed by atoms with Gasteiger partial charge in [0.15, 0.2) is 5.78 Å². The van der Waals surface area contributed by atoms with Crippen molar-refractivity contribution >= 4 is 11.8 Å². The van der Waals surface area contributed by atoms with Gasteiger partial charge in [0.1, 0.15) is 6.10 Å². The zero-order valence-electron chi connectivity index (χ0n) is 11.6. The summed E-state index contributed by atoms with van der Waals surface area (Å²) in [6.45, 7) is 2.11. The maximum absolute atomic E-state index is 12.2. The summed E-state index contributed by atoms with van der Waals surface area (Å²) in [4.78, 5) is 23.7. The Hall–Kier alpha value is -1.90. The van der Waals surface area contributed by atoms with Crippen LogP contribution in [0.25, 0.3) is 0 Å². The Balaban J connectivity index is 1.78. The molecule has 0 amide bonds. The fraction of sp³-hybridized carbons (Fsp3) is 0.412. The summed E-state index contributed by atoms with van der Waals surface area (Å²) < 4.78 is 5.71. The highest BCUT2D eigenvalue weighted by Gasteiger charge is 2.47. The number of allylic oxidation sites excluding steroid dienone is 1. The average molecular weight is 270 g/mol. The average Bonchev–Trinajstić information content (AvgIpc) is 2.77. The maximum Gasteiger partial charge on any atom is 0.338 e. The second-order valence-electron chi connectivity index (χ2n) is 5.85. The van der Waals surface area contributed by atoms with Gasteiger partial charge >= 0.3 is 5.97 Å². The number of ketones is 1. The maximum atomic E-state index is 12.2. The third-order valence-electron chi connectivity index (χ3n) is 4.60. The first-order chi connectivity index (χ1) is 9.59. The van der Waals surface area contributed by atoms with Crippen molar-refractivity contribution in [1.82, 2.24) is 0 Å². The lowest BCUT2D eigenvalue weighted by Crippen LogP contribution is -2.35. The summed E-state index contributed by atoms with van der Waals surface area (Å²) >= 11 is 0. The van der Waals surface area contributed by atoms with E-state index in [-0.39, 0.29) is 23.3 Å². The van der Waals surface area contributed by atoms with Crippen LogP contribution in [0.1, 0.15) is 43.0 Å². The SMILES string of the molecule is C[C@]12CCC(=O)C=C1CC[C@H]2OC(=O)c1ccccc1. The highest BCUT2D eigenvalue weighted by atomic mass is 16.5. The van der Waals surface area contributed by atoms with Gasteiger partial charge in [-0.3, -0.25) is 4.79 Å². The molecule has 20 heavy (non-hydrogen) atoms. The van der Waals surface area contributed by atoms with Crippen molar-refractivity contribution in [2.24, 2.45) is 5.41 Å². The molecule has 0 N–H and O–H groups in total. The number of esters is 1. The Morgan fingerprint density at radius 3 is 2.75 bits per heavy atom. The standard InChI is InChI=1S/C17H18O3/c1-17-10-9-14(18)11-13(17)7-8-15(17)20-16(19)12-5-3-2-4-6-12/h2-6,11,15H,7-10H2,1H3/t15-,17+/m1/s1. The molecule has 3 nitrogen and oxygen atoms in total. The molecule has 1 aromatic rings. The van der Waals surface area contributed by atoms with Crippen LogP contribution in [-0.2, 0) is 9.53 Å². The predicted molar refractivity (Wildman–Crippen MR) is 75.3 cm³/mol. The van der Waals surface area contributed by atoms with Crippen molar-refractivity contribution in [1.29, 1.82) is 0 Å². The molecule has 0 heterocycles. The number of carbonyl (C=O) groups is 2. The number of hydrogen-bond donors (Lipinski definition) is 0. The van der Waals surface area contributed by atoms with Gasteiger partial charge in [-0.2, -0.15) is 0 Å². The van der Waals surface area contributed by atoms with Crippen molar-refractivity contribution in [3.05, 3.63) is 47.5 Å². The van der Waals surface area contributed by atoms with Crippen LogP contribution in [0.5, 0.6) is 0 Å². The molecule has 3 heteroatoms. The van der Waals surface area contributed by atoms with Crippen LogP contribution in [0.15, 0.2) is 42.0 Å². The fourth-order valence-electron chi connectivity index (χ4n) is 3.27. The molecule has 1 fully saturated rings. The van der Waals surface area contributed by atoms with Crippen LogP contribution in [0.4, 0.5) is 0 Å². The molecule has 104 valence electrons. The third-order valence-corrected chi connectivity index (χ3v) is 4.60. The fourth-order valence-corrected chi connectivity index (χ4v) is 3.27. The number of fused-ring (bicyclic) bond motifs is 1. The van der Waals surface area contributed by atoms with Crippen LogP contribution in [-0.4, -0.2) is 17.9 Å². The van der Waals surface area contributed by atoms with Gasteiger partial charge in [0.2, 0.25) is 0 Å². The van der Waals surface area contributed by atoms with Gasteiger partial charge in [-0.25, -0.2) is 4.79 Å². The minimum atomic E-state index is -0.269. The topological polar surface area (TPSA) is 43.4 Å². The number of benzene rings is 1. The zero-order valence-corrected chi connectivity index (χ0v) is 11.6. The van der Waals surface area contributed by atoms with Crippen LogP contribution in [0.3, 0.4) is 0 Å². The second kappa shape index (κ2) is 4.89. The van der Waals surface area contributed by atoms with Gasteiger partial charge in [0, 0.05) is 11.8 Å². The quantitative estimate of drug-likeness (QED) is 0.774. The first-order valence-electron chi connectivity index (χ1n) is 7.09. The minimum absolute atomic E-state index is 0.116. The molecule has 0 saturated heterocycles. The summed E-state index contributed by atoms with van der Waals surface area (Å²) in [7, 11) is 0.